The number of pyridine rings is 1. The van der Waals surface area contributed by atoms with E-state index in [4.69, 9.17) is 4.42 Å². The van der Waals surface area contributed by atoms with Gasteiger partial charge < -0.3 is 9.32 Å². The number of hydrogen-bond donors (Lipinski definition) is 0. The minimum atomic E-state index is 0.599. The molecule has 4 rings (SSSR count). The molecule has 0 radical (unpaired) electrons. The van der Waals surface area contributed by atoms with Crippen LogP contribution < -0.4 is 4.90 Å². The summed E-state index contributed by atoms with van der Waals surface area (Å²) >= 11 is 0. The van der Waals surface area contributed by atoms with Gasteiger partial charge in [-0.1, -0.05) is 19.9 Å². The van der Waals surface area contributed by atoms with Crippen LogP contribution in [-0.2, 0) is 6.54 Å². The highest BCUT2D eigenvalue weighted by Gasteiger charge is 2.27. The normalized spacial score (nSPS) is 20.8. The van der Waals surface area contributed by atoms with Gasteiger partial charge in [-0.25, -0.2) is 0 Å². The predicted octanol–water partition coefficient (Wildman–Crippen LogP) is 3.46. The van der Waals surface area contributed by atoms with Gasteiger partial charge in [0.25, 0.3) is 0 Å². The van der Waals surface area contributed by atoms with Gasteiger partial charge in [0, 0.05) is 19.3 Å². The van der Waals surface area contributed by atoms with Crippen LogP contribution in [0.4, 0.5) is 5.95 Å². The molecular weight excluding hydrogens is 314 g/mol. The Hall–Kier alpha value is -2.63. The molecule has 2 atom stereocenters. The average Bonchev–Trinajstić information content (AvgIpc) is 3.29. The maximum atomic E-state index is 5.56. The molecule has 6 nitrogen and oxygen atoms in total. The highest BCUT2D eigenvalue weighted by atomic mass is 16.3. The molecule has 0 N–H and O–H groups in total. The van der Waals surface area contributed by atoms with E-state index in [2.05, 4.69) is 38.5 Å². The SMILES string of the molecule is CC1CCN(c2nnc(-c3ccccn3)n2Cc2ccco2)CC1C. The maximum absolute atomic E-state index is 5.56. The summed E-state index contributed by atoms with van der Waals surface area (Å²) < 4.78 is 7.68. The van der Waals surface area contributed by atoms with Crippen molar-refractivity contribution in [2.45, 2.75) is 26.8 Å². The van der Waals surface area contributed by atoms with E-state index >= 15 is 0 Å². The molecule has 0 aromatic carbocycles. The van der Waals surface area contributed by atoms with Gasteiger partial charge in [0.05, 0.1) is 12.8 Å². The zero-order chi connectivity index (χ0) is 17.2. The first kappa shape index (κ1) is 15.9. The molecule has 0 saturated carbocycles. The Morgan fingerprint density at radius 3 is 2.76 bits per heavy atom. The lowest BCUT2D eigenvalue weighted by atomic mass is 9.89. The monoisotopic (exact) mass is 337 g/mol. The first-order valence-corrected chi connectivity index (χ1v) is 8.84. The van der Waals surface area contributed by atoms with E-state index in [1.807, 2.05) is 30.3 Å². The van der Waals surface area contributed by atoms with Crippen LogP contribution in [0.5, 0.6) is 0 Å². The van der Waals surface area contributed by atoms with Crippen LogP contribution in [0.25, 0.3) is 11.5 Å². The second-order valence-electron chi connectivity index (χ2n) is 6.89. The van der Waals surface area contributed by atoms with E-state index in [1.165, 1.54) is 6.42 Å². The summed E-state index contributed by atoms with van der Waals surface area (Å²) in [4.78, 5) is 6.79. The Balaban J connectivity index is 1.72. The third kappa shape index (κ3) is 3.16. The molecule has 3 aromatic rings. The number of furan rings is 1. The standard InChI is InChI=1S/C19H23N5O/c1-14-8-10-23(12-15(14)2)19-22-21-18(17-7-3-4-9-20-17)24(19)13-16-6-5-11-25-16/h3-7,9,11,14-15H,8,10,12-13H2,1-2H3. The Morgan fingerprint density at radius 2 is 2.04 bits per heavy atom. The quantitative estimate of drug-likeness (QED) is 0.729. The van der Waals surface area contributed by atoms with E-state index < -0.39 is 0 Å². The number of rotatable bonds is 4. The molecule has 0 bridgehead atoms. The fourth-order valence-corrected chi connectivity index (χ4v) is 3.36. The van der Waals surface area contributed by atoms with Crippen LogP contribution in [0.2, 0.25) is 0 Å². The molecule has 1 fully saturated rings. The van der Waals surface area contributed by atoms with Crippen molar-refractivity contribution in [3.05, 3.63) is 48.6 Å². The molecular formula is C19H23N5O. The largest absolute Gasteiger partial charge is 0.467 e. The molecule has 1 saturated heterocycles. The molecule has 3 aromatic heterocycles. The van der Waals surface area contributed by atoms with Crippen molar-refractivity contribution in [1.82, 2.24) is 19.7 Å². The van der Waals surface area contributed by atoms with Crippen LogP contribution >= 0.6 is 0 Å². The fraction of sp³-hybridized carbons (Fsp3) is 0.421. The van der Waals surface area contributed by atoms with Gasteiger partial charge in [-0.2, -0.15) is 0 Å². The molecule has 130 valence electrons. The molecule has 1 aliphatic rings. The third-order valence-corrected chi connectivity index (χ3v) is 5.14. The van der Waals surface area contributed by atoms with Gasteiger partial charge in [0.15, 0.2) is 5.82 Å². The van der Waals surface area contributed by atoms with E-state index in [0.29, 0.717) is 12.5 Å². The first-order valence-electron chi connectivity index (χ1n) is 8.84. The van der Waals surface area contributed by atoms with E-state index in [9.17, 15) is 0 Å². The minimum absolute atomic E-state index is 0.599. The predicted molar refractivity (Wildman–Crippen MR) is 96.2 cm³/mol. The zero-order valence-electron chi connectivity index (χ0n) is 14.7. The fourth-order valence-electron chi connectivity index (χ4n) is 3.36. The Bertz CT molecular complexity index is 812. The van der Waals surface area contributed by atoms with Crippen molar-refractivity contribution in [2.24, 2.45) is 11.8 Å². The summed E-state index contributed by atoms with van der Waals surface area (Å²) in [5.41, 5.74) is 0.825. The molecule has 0 aliphatic carbocycles. The van der Waals surface area contributed by atoms with Crippen molar-refractivity contribution in [3.8, 4) is 11.5 Å². The summed E-state index contributed by atoms with van der Waals surface area (Å²) in [5, 5.41) is 8.97. The number of nitrogens with zero attached hydrogens (tertiary/aromatic N) is 5. The smallest absolute Gasteiger partial charge is 0.228 e. The minimum Gasteiger partial charge on any atom is -0.467 e. The summed E-state index contributed by atoms with van der Waals surface area (Å²) in [6.07, 6.45) is 4.66. The van der Waals surface area contributed by atoms with Crippen LogP contribution in [0, 0.1) is 11.8 Å². The lowest BCUT2D eigenvalue weighted by molar-refractivity contribution is 0.320. The van der Waals surface area contributed by atoms with E-state index in [0.717, 1.165) is 42.2 Å². The van der Waals surface area contributed by atoms with Gasteiger partial charge >= 0.3 is 0 Å². The highest BCUT2D eigenvalue weighted by Crippen LogP contribution is 2.29. The number of aromatic nitrogens is 4. The molecule has 0 spiro atoms. The van der Waals surface area contributed by atoms with E-state index in [-0.39, 0.29) is 0 Å². The first-order chi connectivity index (χ1) is 12.2. The summed E-state index contributed by atoms with van der Waals surface area (Å²) in [6, 6.07) is 9.73. The Morgan fingerprint density at radius 1 is 1.12 bits per heavy atom. The van der Waals surface area contributed by atoms with Gasteiger partial charge in [-0.3, -0.25) is 9.55 Å². The number of anilines is 1. The molecule has 6 heteroatoms. The molecule has 2 unspecified atom stereocenters. The topological polar surface area (TPSA) is 60.0 Å². The average molecular weight is 337 g/mol. The second kappa shape index (κ2) is 6.70. The molecule has 1 aliphatic heterocycles. The van der Waals surface area contributed by atoms with E-state index in [1.54, 1.807) is 12.5 Å². The summed E-state index contributed by atoms with van der Waals surface area (Å²) in [5.74, 6) is 3.94. The van der Waals surface area contributed by atoms with Crippen molar-refractivity contribution < 1.29 is 4.42 Å². The molecule has 4 heterocycles. The van der Waals surface area contributed by atoms with Crippen LogP contribution in [-0.4, -0.2) is 32.8 Å². The zero-order valence-corrected chi connectivity index (χ0v) is 14.7. The van der Waals surface area contributed by atoms with Crippen molar-refractivity contribution in [1.29, 1.82) is 0 Å². The summed E-state index contributed by atoms with van der Waals surface area (Å²) in [6.45, 7) is 7.24. The van der Waals surface area contributed by atoms with Gasteiger partial charge in [0.2, 0.25) is 5.95 Å². The van der Waals surface area contributed by atoms with Crippen LogP contribution in [0.15, 0.2) is 47.2 Å². The number of piperidine rings is 1. The highest BCUT2D eigenvalue weighted by molar-refractivity contribution is 5.53. The lowest BCUT2D eigenvalue weighted by Crippen LogP contribution is -2.40. The molecule has 0 amide bonds. The second-order valence-corrected chi connectivity index (χ2v) is 6.89. The Kier molecular flexibility index (Phi) is 4.26. The third-order valence-electron chi connectivity index (χ3n) is 5.14. The maximum Gasteiger partial charge on any atom is 0.228 e. The Labute approximate surface area is 147 Å². The van der Waals surface area contributed by atoms with Crippen molar-refractivity contribution >= 4 is 5.95 Å². The lowest BCUT2D eigenvalue weighted by Gasteiger charge is -2.35. The van der Waals surface area contributed by atoms with Crippen molar-refractivity contribution in [2.75, 3.05) is 18.0 Å². The van der Waals surface area contributed by atoms with Crippen molar-refractivity contribution in [3.63, 3.8) is 0 Å². The van der Waals surface area contributed by atoms with Gasteiger partial charge in [-0.15, -0.1) is 10.2 Å². The van der Waals surface area contributed by atoms with Crippen LogP contribution in [0.1, 0.15) is 26.0 Å². The number of hydrogen-bond acceptors (Lipinski definition) is 5. The summed E-state index contributed by atoms with van der Waals surface area (Å²) in [7, 11) is 0. The van der Waals surface area contributed by atoms with Crippen LogP contribution in [0.3, 0.4) is 0 Å². The molecule has 25 heavy (non-hydrogen) atoms. The van der Waals surface area contributed by atoms with Gasteiger partial charge in [0.1, 0.15) is 11.5 Å². The van der Waals surface area contributed by atoms with Gasteiger partial charge in [-0.05, 0) is 42.5 Å².